The van der Waals surface area contributed by atoms with Crippen molar-refractivity contribution >= 4 is 23.2 Å². The van der Waals surface area contributed by atoms with E-state index in [4.69, 9.17) is 4.74 Å². The largest absolute Gasteiger partial charge is 0.492 e. The van der Waals surface area contributed by atoms with Crippen molar-refractivity contribution in [1.82, 2.24) is 0 Å². The normalized spacial score (nSPS) is 10.0. The lowest BCUT2D eigenvalue weighted by Gasteiger charge is -2.11. The summed E-state index contributed by atoms with van der Waals surface area (Å²) in [5, 5.41) is 5.13. The molecule has 0 atom stereocenters. The van der Waals surface area contributed by atoms with E-state index in [1.54, 1.807) is 36.4 Å². The summed E-state index contributed by atoms with van der Waals surface area (Å²) in [6, 6.07) is 14.4. The van der Waals surface area contributed by atoms with Gasteiger partial charge in [0.15, 0.2) is 0 Å². The summed E-state index contributed by atoms with van der Waals surface area (Å²) in [6.07, 6.45) is 0.920. The predicted molar refractivity (Wildman–Crippen MR) is 90.7 cm³/mol. The molecule has 0 saturated heterocycles. The van der Waals surface area contributed by atoms with Gasteiger partial charge in [0.05, 0.1) is 12.3 Å². The van der Waals surface area contributed by atoms with Gasteiger partial charge in [-0.05, 0) is 43.2 Å². The monoisotopic (exact) mass is 312 g/mol. The Labute approximate surface area is 135 Å². The molecule has 2 N–H and O–H groups in total. The molecule has 0 saturated carbocycles. The van der Waals surface area contributed by atoms with Gasteiger partial charge in [-0.3, -0.25) is 9.59 Å². The predicted octanol–water partition coefficient (Wildman–Crippen LogP) is 3.22. The van der Waals surface area contributed by atoms with Crippen molar-refractivity contribution < 1.29 is 14.3 Å². The molecule has 0 unspecified atom stereocenters. The van der Waals surface area contributed by atoms with Gasteiger partial charge >= 0.3 is 11.8 Å². The van der Waals surface area contributed by atoms with Gasteiger partial charge < -0.3 is 15.4 Å². The first-order chi connectivity index (χ1) is 11.1. The molecule has 0 heterocycles. The lowest BCUT2D eigenvalue weighted by Crippen LogP contribution is -2.29. The lowest BCUT2D eigenvalue weighted by molar-refractivity contribution is -0.133. The third-order valence-corrected chi connectivity index (χ3v) is 3.26. The number of hydrogen-bond acceptors (Lipinski definition) is 3. The number of ether oxygens (including phenoxy) is 1. The number of rotatable bonds is 5. The van der Waals surface area contributed by atoms with Gasteiger partial charge in [-0.25, -0.2) is 0 Å². The van der Waals surface area contributed by atoms with Crippen LogP contribution in [-0.4, -0.2) is 18.4 Å². The number of nitrogens with one attached hydrogen (secondary N) is 2. The lowest BCUT2D eigenvalue weighted by atomic mass is 10.1. The van der Waals surface area contributed by atoms with E-state index in [0.717, 1.165) is 12.0 Å². The highest BCUT2D eigenvalue weighted by atomic mass is 16.5. The fourth-order valence-electron chi connectivity index (χ4n) is 2.04. The molecule has 0 fully saturated rings. The number of amides is 2. The van der Waals surface area contributed by atoms with Crippen LogP contribution in [0.25, 0.3) is 0 Å². The van der Waals surface area contributed by atoms with Crippen LogP contribution >= 0.6 is 0 Å². The minimum atomic E-state index is -0.739. The fraction of sp³-hybridized carbons (Fsp3) is 0.222. The van der Waals surface area contributed by atoms with E-state index < -0.39 is 11.8 Å². The average Bonchev–Trinajstić information content (AvgIpc) is 2.57. The molecule has 0 aliphatic heterocycles. The van der Waals surface area contributed by atoms with Gasteiger partial charge in [0.25, 0.3) is 0 Å². The first kappa shape index (κ1) is 16.5. The number of aryl methyl sites for hydroxylation is 1. The Morgan fingerprint density at radius 3 is 2.22 bits per heavy atom. The quantitative estimate of drug-likeness (QED) is 0.833. The Morgan fingerprint density at radius 1 is 0.913 bits per heavy atom. The molecule has 120 valence electrons. The van der Waals surface area contributed by atoms with E-state index in [9.17, 15) is 9.59 Å². The third-order valence-electron chi connectivity index (χ3n) is 3.26. The van der Waals surface area contributed by atoms with Gasteiger partial charge in [0.2, 0.25) is 0 Å². The van der Waals surface area contributed by atoms with Crippen LogP contribution < -0.4 is 15.4 Å². The van der Waals surface area contributed by atoms with Crippen molar-refractivity contribution in [3.63, 3.8) is 0 Å². The molecular formula is C18H20N2O3. The van der Waals surface area contributed by atoms with Gasteiger partial charge in [-0.15, -0.1) is 0 Å². The van der Waals surface area contributed by atoms with Crippen molar-refractivity contribution in [2.75, 3.05) is 17.2 Å². The summed E-state index contributed by atoms with van der Waals surface area (Å²) in [6.45, 7) is 4.38. The van der Waals surface area contributed by atoms with E-state index in [0.29, 0.717) is 23.7 Å². The van der Waals surface area contributed by atoms with Gasteiger partial charge in [-0.2, -0.15) is 0 Å². The molecule has 0 bridgehead atoms. The molecule has 0 aliphatic carbocycles. The van der Waals surface area contributed by atoms with E-state index >= 15 is 0 Å². The molecule has 2 aromatic carbocycles. The fourth-order valence-corrected chi connectivity index (χ4v) is 2.04. The second kappa shape index (κ2) is 7.98. The zero-order chi connectivity index (χ0) is 16.7. The van der Waals surface area contributed by atoms with Crippen LogP contribution in [0.3, 0.4) is 0 Å². The summed E-state index contributed by atoms with van der Waals surface area (Å²) in [5.74, 6) is -0.930. The molecule has 2 amide bonds. The van der Waals surface area contributed by atoms with Crippen molar-refractivity contribution in [3.8, 4) is 5.75 Å². The molecule has 0 radical (unpaired) electrons. The number of carbonyl (C=O) groups excluding carboxylic acids is 2. The van der Waals surface area contributed by atoms with Crippen LogP contribution in [0.15, 0.2) is 48.5 Å². The van der Waals surface area contributed by atoms with Crippen LogP contribution in [-0.2, 0) is 16.0 Å². The van der Waals surface area contributed by atoms with Crippen LogP contribution in [0, 0.1) is 0 Å². The van der Waals surface area contributed by atoms with E-state index in [-0.39, 0.29) is 0 Å². The van der Waals surface area contributed by atoms with Gasteiger partial charge in [-0.1, -0.05) is 31.2 Å². The zero-order valence-corrected chi connectivity index (χ0v) is 13.3. The molecule has 0 spiro atoms. The molecule has 2 aromatic rings. The van der Waals surface area contributed by atoms with Crippen LogP contribution in [0.2, 0.25) is 0 Å². The number of benzene rings is 2. The van der Waals surface area contributed by atoms with E-state index in [2.05, 4.69) is 17.6 Å². The average molecular weight is 312 g/mol. The minimum absolute atomic E-state index is 0.468. The highest BCUT2D eigenvalue weighted by molar-refractivity contribution is 6.43. The van der Waals surface area contributed by atoms with Crippen molar-refractivity contribution in [3.05, 3.63) is 54.1 Å². The highest BCUT2D eigenvalue weighted by Gasteiger charge is 2.15. The maximum absolute atomic E-state index is 12.0. The van der Waals surface area contributed by atoms with Crippen molar-refractivity contribution in [2.45, 2.75) is 20.3 Å². The Hall–Kier alpha value is -2.82. The van der Waals surface area contributed by atoms with Crippen molar-refractivity contribution in [1.29, 1.82) is 0 Å². The summed E-state index contributed by atoms with van der Waals surface area (Å²) < 4.78 is 5.41. The number of hydrogen-bond donors (Lipinski definition) is 2. The molecule has 23 heavy (non-hydrogen) atoms. The Bertz CT molecular complexity index is 681. The molecule has 5 heteroatoms. The SMILES string of the molecule is CCOc1ccccc1NC(=O)C(=O)Nc1ccc(CC)cc1. The Balaban J connectivity index is 2.01. The smallest absolute Gasteiger partial charge is 0.314 e. The van der Waals surface area contributed by atoms with E-state index in [1.165, 1.54) is 0 Å². The molecule has 0 aromatic heterocycles. The minimum Gasteiger partial charge on any atom is -0.492 e. The molecular weight excluding hydrogens is 292 g/mol. The van der Waals surface area contributed by atoms with Crippen molar-refractivity contribution in [2.24, 2.45) is 0 Å². The first-order valence-electron chi connectivity index (χ1n) is 7.57. The highest BCUT2D eigenvalue weighted by Crippen LogP contribution is 2.23. The van der Waals surface area contributed by atoms with E-state index in [1.807, 2.05) is 19.1 Å². The maximum Gasteiger partial charge on any atom is 0.314 e. The topological polar surface area (TPSA) is 67.4 Å². The number of carbonyl (C=O) groups is 2. The molecule has 0 aliphatic rings. The second-order valence-corrected chi connectivity index (χ2v) is 4.89. The second-order valence-electron chi connectivity index (χ2n) is 4.89. The van der Waals surface area contributed by atoms with Gasteiger partial charge in [0.1, 0.15) is 5.75 Å². The van der Waals surface area contributed by atoms with Crippen LogP contribution in [0.1, 0.15) is 19.4 Å². The number of para-hydroxylation sites is 2. The zero-order valence-electron chi connectivity index (χ0n) is 13.3. The third kappa shape index (κ3) is 4.57. The number of anilines is 2. The summed E-state index contributed by atoms with van der Waals surface area (Å²) >= 11 is 0. The Morgan fingerprint density at radius 2 is 1.57 bits per heavy atom. The summed E-state index contributed by atoms with van der Waals surface area (Å²) in [7, 11) is 0. The molecule has 5 nitrogen and oxygen atoms in total. The van der Waals surface area contributed by atoms with Crippen LogP contribution in [0.5, 0.6) is 5.75 Å². The summed E-state index contributed by atoms with van der Waals surface area (Å²) in [4.78, 5) is 24.0. The molecule has 2 rings (SSSR count). The maximum atomic E-state index is 12.0. The van der Waals surface area contributed by atoms with Crippen LogP contribution in [0.4, 0.5) is 11.4 Å². The Kier molecular flexibility index (Phi) is 5.74. The first-order valence-corrected chi connectivity index (χ1v) is 7.57. The van der Waals surface area contributed by atoms with Gasteiger partial charge in [0, 0.05) is 5.69 Å². The summed E-state index contributed by atoms with van der Waals surface area (Å²) in [5.41, 5.74) is 2.22. The standard InChI is InChI=1S/C18H20N2O3/c1-3-13-9-11-14(12-10-13)19-17(21)18(22)20-15-7-5-6-8-16(15)23-4-2/h5-12H,3-4H2,1-2H3,(H,19,21)(H,20,22).